The first-order valence-corrected chi connectivity index (χ1v) is 15.7. The monoisotopic (exact) mass is 657 g/mol. The van der Waals surface area contributed by atoms with Gasteiger partial charge in [-0.25, -0.2) is 4.79 Å². The van der Waals surface area contributed by atoms with E-state index < -0.39 is 6.09 Å². The zero-order valence-electron chi connectivity index (χ0n) is 25.8. The molecule has 15 heteroatoms. The number of aliphatic hydroxyl groups excluding tert-OH is 1. The molecule has 0 aromatic carbocycles. The molecule has 0 spiro atoms. The minimum atomic E-state index is -0.785. The Kier molecular flexibility index (Phi) is 33.8. The first-order valence-electron chi connectivity index (χ1n) is 15.2. The number of nitrogens with one attached hydrogen (secondary N) is 1. The van der Waals surface area contributed by atoms with E-state index in [4.69, 9.17) is 59.4 Å². The lowest BCUT2D eigenvalue weighted by molar-refractivity contribution is -0.146. The van der Waals surface area contributed by atoms with Crippen molar-refractivity contribution in [3.8, 4) is 0 Å². The smallest absolute Gasteiger partial charge is 0.431 e. The number of carbonyl (C=O) groups excluding carboxylic acids is 3. The highest BCUT2D eigenvalue weighted by Crippen LogP contribution is 2.01. The number of carbonyl (C=O) groups is 3. The van der Waals surface area contributed by atoms with Crippen molar-refractivity contribution in [3.63, 3.8) is 0 Å². The summed E-state index contributed by atoms with van der Waals surface area (Å²) in [4.78, 5) is 39.8. The largest absolute Gasteiger partial charge is 0.463 e. The number of esters is 2. The van der Waals surface area contributed by atoms with Gasteiger partial charge in [-0.3, -0.25) is 14.4 Å². The maximum absolute atomic E-state index is 11.7. The van der Waals surface area contributed by atoms with Gasteiger partial charge in [-0.2, -0.15) is 5.48 Å². The van der Waals surface area contributed by atoms with E-state index in [0.717, 1.165) is 32.3 Å². The van der Waals surface area contributed by atoms with Crippen molar-refractivity contribution in [2.24, 2.45) is 0 Å². The number of rotatable bonds is 33. The van der Waals surface area contributed by atoms with Crippen LogP contribution in [0, 0.1) is 0 Å². The second-order valence-electron chi connectivity index (χ2n) is 9.02. The van der Waals surface area contributed by atoms with Gasteiger partial charge in [-0.1, -0.05) is 12.8 Å². The average molecular weight is 658 g/mol. The molecule has 0 saturated carbocycles. The standard InChI is InChI=1S/C29H52ClNO13/c30-11-3-1-2-4-13-36-19-20-37-15-8-10-28(34)42-25-23-40-24-26-44-31-29(35)43-17-6-5-16-41-27(33)9-7-14-38-21-22-39-18-12-32/h5-6,32H,1-4,7-26H2,(H,31,35)/b6-5+. The van der Waals surface area contributed by atoms with Gasteiger partial charge in [0.05, 0.1) is 59.5 Å². The Labute approximate surface area is 265 Å². The Morgan fingerprint density at radius 1 is 0.545 bits per heavy atom. The van der Waals surface area contributed by atoms with Crippen molar-refractivity contribution in [2.45, 2.75) is 51.4 Å². The summed E-state index contributed by atoms with van der Waals surface area (Å²) in [6.07, 6.45) is 8.20. The van der Waals surface area contributed by atoms with Gasteiger partial charge in [0.2, 0.25) is 0 Å². The molecule has 44 heavy (non-hydrogen) atoms. The number of halogens is 1. The number of ether oxygens (including phenoxy) is 8. The zero-order valence-corrected chi connectivity index (χ0v) is 26.6. The van der Waals surface area contributed by atoms with Gasteiger partial charge in [0.1, 0.15) is 19.8 Å². The van der Waals surface area contributed by atoms with E-state index in [2.05, 4.69) is 5.48 Å². The van der Waals surface area contributed by atoms with Crippen molar-refractivity contribution >= 4 is 29.6 Å². The molecule has 14 nitrogen and oxygen atoms in total. The molecule has 2 N–H and O–H groups in total. The number of hydrogen-bond acceptors (Lipinski definition) is 13. The van der Waals surface area contributed by atoms with Crippen molar-refractivity contribution in [3.05, 3.63) is 12.2 Å². The van der Waals surface area contributed by atoms with Crippen molar-refractivity contribution < 1.29 is 62.2 Å². The highest BCUT2D eigenvalue weighted by molar-refractivity contribution is 6.17. The quantitative estimate of drug-likeness (QED) is 0.0264. The molecule has 0 radical (unpaired) electrons. The summed E-state index contributed by atoms with van der Waals surface area (Å²) >= 11 is 5.63. The molecule has 0 unspecified atom stereocenters. The topological polar surface area (TPSA) is 167 Å². The zero-order chi connectivity index (χ0) is 32.2. The van der Waals surface area contributed by atoms with Gasteiger partial charge in [0.25, 0.3) is 0 Å². The van der Waals surface area contributed by atoms with Crippen LogP contribution in [0.25, 0.3) is 0 Å². The van der Waals surface area contributed by atoms with Gasteiger partial charge >= 0.3 is 18.0 Å². The molecule has 0 atom stereocenters. The lowest BCUT2D eigenvalue weighted by Crippen LogP contribution is -2.26. The highest BCUT2D eigenvalue weighted by Gasteiger charge is 2.04. The fourth-order valence-electron chi connectivity index (χ4n) is 3.10. The summed E-state index contributed by atoms with van der Waals surface area (Å²) in [6.45, 7) is 4.27. The Hall–Kier alpha value is -2.04. The van der Waals surface area contributed by atoms with Crippen LogP contribution in [0.1, 0.15) is 51.4 Å². The molecule has 258 valence electrons. The second-order valence-corrected chi connectivity index (χ2v) is 9.40. The molecule has 0 aliphatic rings. The van der Waals surface area contributed by atoms with E-state index in [1.54, 1.807) is 6.08 Å². The van der Waals surface area contributed by atoms with Crippen LogP contribution in [0.5, 0.6) is 0 Å². The van der Waals surface area contributed by atoms with Crippen molar-refractivity contribution in [1.82, 2.24) is 5.48 Å². The fourth-order valence-corrected chi connectivity index (χ4v) is 3.29. The normalized spacial score (nSPS) is 11.1. The fraction of sp³-hybridized carbons (Fsp3) is 0.828. The molecule has 0 heterocycles. The Morgan fingerprint density at radius 2 is 1.05 bits per heavy atom. The summed E-state index contributed by atoms with van der Waals surface area (Å²) < 4.78 is 41.5. The number of aliphatic hydroxyl groups is 1. The van der Waals surface area contributed by atoms with E-state index in [1.165, 1.54) is 6.08 Å². The minimum absolute atomic E-state index is 0.0267. The van der Waals surface area contributed by atoms with Crippen LogP contribution in [-0.4, -0.2) is 128 Å². The summed E-state index contributed by atoms with van der Waals surface area (Å²) in [5.74, 6) is 0.0285. The molecule has 0 aromatic rings. The number of amides is 1. The van der Waals surface area contributed by atoms with E-state index in [9.17, 15) is 14.4 Å². The van der Waals surface area contributed by atoms with Gasteiger partial charge < -0.3 is 43.0 Å². The van der Waals surface area contributed by atoms with Crippen LogP contribution in [-0.2, 0) is 52.3 Å². The van der Waals surface area contributed by atoms with Gasteiger partial charge in [0, 0.05) is 38.5 Å². The predicted octanol–water partition coefficient (Wildman–Crippen LogP) is 2.72. The third-order valence-corrected chi connectivity index (χ3v) is 5.55. The molecular formula is C29H52ClNO13. The first-order chi connectivity index (χ1) is 21.6. The summed E-state index contributed by atoms with van der Waals surface area (Å²) in [5.41, 5.74) is 2.10. The highest BCUT2D eigenvalue weighted by atomic mass is 35.5. The molecule has 0 aliphatic carbocycles. The molecule has 0 saturated heterocycles. The van der Waals surface area contributed by atoms with Crippen LogP contribution >= 0.6 is 11.6 Å². The van der Waals surface area contributed by atoms with Crippen LogP contribution in [0.2, 0.25) is 0 Å². The Morgan fingerprint density at radius 3 is 1.68 bits per heavy atom. The number of hydrogen-bond donors (Lipinski definition) is 2. The van der Waals surface area contributed by atoms with Crippen LogP contribution in [0.15, 0.2) is 12.2 Å². The van der Waals surface area contributed by atoms with Gasteiger partial charge in [0.15, 0.2) is 0 Å². The van der Waals surface area contributed by atoms with E-state index in [-0.39, 0.29) is 77.6 Å². The van der Waals surface area contributed by atoms with Crippen molar-refractivity contribution in [2.75, 3.05) is 105 Å². The maximum Gasteiger partial charge on any atom is 0.431 e. The van der Waals surface area contributed by atoms with E-state index in [0.29, 0.717) is 58.4 Å². The molecule has 0 aromatic heterocycles. The Bertz CT molecular complexity index is 700. The van der Waals surface area contributed by atoms with E-state index >= 15 is 0 Å². The number of alkyl halides is 1. The molecule has 0 bridgehead atoms. The Balaban J connectivity index is 3.38. The van der Waals surface area contributed by atoms with Gasteiger partial charge in [-0.05, 0) is 37.8 Å². The molecule has 0 rings (SSSR count). The van der Waals surface area contributed by atoms with Crippen LogP contribution < -0.4 is 5.48 Å². The van der Waals surface area contributed by atoms with E-state index in [1.807, 2.05) is 0 Å². The third-order valence-electron chi connectivity index (χ3n) is 5.28. The molecule has 0 aliphatic heterocycles. The minimum Gasteiger partial charge on any atom is -0.463 e. The predicted molar refractivity (Wildman–Crippen MR) is 160 cm³/mol. The van der Waals surface area contributed by atoms with Crippen LogP contribution in [0.4, 0.5) is 4.79 Å². The second kappa shape index (κ2) is 35.4. The lowest BCUT2D eigenvalue weighted by Gasteiger charge is -2.08. The van der Waals surface area contributed by atoms with Crippen molar-refractivity contribution in [1.29, 1.82) is 0 Å². The first kappa shape index (κ1) is 42.0. The lowest BCUT2D eigenvalue weighted by atomic mass is 10.2. The summed E-state index contributed by atoms with van der Waals surface area (Å²) in [6, 6.07) is 0. The molecule has 1 amide bonds. The molecular weight excluding hydrogens is 606 g/mol. The average Bonchev–Trinajstić information content (AvgIpc) is 3.02. The summed E-state index contributed by atoms with van der Waals surface area (Å²) in [7, 11) is 0. The molecule has 0 fully saturated rings. The van der Waals surface area contributed by atoms with Crippen LogP contribution in [0.3, 0.4) is 0 Å². The summed E-state index contributed by atoms with van der Waals surface area (Å²) in [5, 5.41) is 8.57. The third kappa shape index (κ3) is 34.5. The van der Waals surface area contributed by atoms with Gasteiger partial charge in [-0.15, -0.1) is 11.6 Å². The number of unbranched alkanes of at least 4 members (excludes halogenated alkanes) is 3. The SMILES string of the molecule is O=C(CCCOCCOCCO)OC/C=C/COC(=O)NOCCOCCOC(=O)CCCOCCOCCCCCCCl. The maximum atomic E-state index is 11.7. The number of hydroxylamine groups is 1.